The van der Waals surface area contributed by atoms with Crippen molar-refractivity contribution in [3.05, 3.63) is 0 Å². The Labute approximate surface area is 87.7 Å². The van der Waals surface area contributed by atoms with Crippen LogP contribution in [0.5, 0.6) is 0 Å². The van der Waals surface area contributed by atoms with E-state index in [2.05, 4.69) is 25.7 Å². The lowest BCUT2D eigenvalue weighted by molar-refractivity contribution is -0.117. The second-order valence-corrected chi connectivity index (χ2v) is 5.51. The van der Waals surface area contributed by atoms with Crippen LogP contribution >= 0.6 is 0 Å². The molecule has 1 unspecified atom stereocenters. The van der Waals surface area contributed by atoms with Crippen LogP contribution in [0, 0.1) is 5.41 Å². The summed E-state index contributed by atoms with van der Waals surface area (Å²) in [6.07, 6.45) is 3.30. The zero-order valence-electron chi connectivity index (χ0n) is 9.97. The Kier molecular flexibility index (Phi) is 3.71. The Balaban J connectivity index is 2.47. The largest absolute Gasteiger partial charge is 0.300 e. The van der Waals surface area contributed by atoms with Gasteiger partial charge in [-0.05, 0) is 31.7 Å². The van der Waals surface area contributed by atoms with E-state index in [-0.39, 0.29) is 0 Å². The predicted octanol–water partition coefficient (Wildman–Crippen LogP) is 2.48. The van der Waals surface area contributed by atoms with Crippen LogP contribution in [0.3, 0.4) is 0 Å². The number of carbonyl (C=O) groups excluding carboxylic acids is 1. The molecule has 82 valence electrons. The van der Waals surface area contributed by atoms with E-state index in [4.69, 9.17) is 0 Å². The molecule has 1 aliphatic heterocycles. The Morgan fingerprint density at radius 1 is 1.43 bits per heavy atom. The average molecular weight is 197 g/mol. The predicted molar refractivity (Wildman–Crippen MR) is 59.3 cm³/mol. The van der Waals surface area contributed by atoms with Crippen LogP contribution in [-0.2, 0) is 4.79 Å². The van der Waals surface area contributed by atoms with Crippen LogP contribution in [0.1, 0.15) is 47.0 Å². The van der Waals surface area contributed by atoms with Gasteiger partial charge in [0.05, 0.1) is 0 Å². The van der Waals surface area contributed by atoms with Crippen molar-refractivity contribution in [1.29, 1.82) is 0 Å². The van der Waals surface area contributed by atoms with Gasteiger partial charge in [0.15, 0.2) is 0 Å². The van der Waals surface area contributed by atoms with Crippen LogP contribution < -0.4 is 0 Å². The smallest absolute Gasteiger partial charge is 0.131 e. The molecule has 1 saturated heterocycles. The molecule has 0 amide bonds. The molecule has 0 aromatic carbocycles. The van der Waals surface area contributed by atoms with Gasteiger partial charge in [-0.15, -0.1) is 0 Å². The van der Waals surface area contributed by atoms with Gasteiger partial charge in [0.2, 0.25) is 0 Å². The van der Waals surface area contributed by atoms with E-state index in [1.807, 2.05) is 0 Å². The number of hydrogen-bond donors (Lipinski definition) is 0. The number of Topliss-reactive ketones (excluding diaryl/α,β-unsaturated/α-hetero) is 1. The number of rotatable bonds is 3. The Hall–Kier alpha value is -0.370. The standard InChI is InChI=1S/C12H23NO/c1-10(14)7-9-13-8-5-6-11(13)12(2,3)4/h11H,5-9H2,1-4H3. The monoisotopic (exact) mass is 197 g/mol. The fourth-order valence-electron chi connectivity index (χ4n) is 2.38. The van der Waals surface area contributed by atoms with E-state index in [1.54, 1.807) is 6.92 Å². The quantitative estimate of drug-likeness (QED) is 0.692. The summed E-state index contributed by atoms with van der Waals surface area (Å²) in [4.78, 5) is 13.4. The lowest BCUT2D eigenvalue weighted by Gasteiger charge is -2.34. The minimum atomic E-state index is 0.310. The molecule has 1 heterocycles. The number of nitrogens with zero attached hydrogens (tertiary/aromatic N) is 1. The summed E-state index contributed by atoms with van der Waals surface area (Å²) >= 11 is 0. The summed E-state index contributed by atoms with van der Waals surface area (Å²) in [5, 5.41) is 0. The summed E-state index contributed by atoms with van der Waals surface area (Å²) in [6.45, 7) is 10.7. The first-order valence-electron chi connectivity index (χ1n) is 5.65. The van der Waals surface area contributed by atoms with Gasteiger partial charge in [0.25, 0.3) is 0 Å². The molecule has 0 saturated carbocycles. The van der Waals surface area contributed by atoms with Crippen molar-refractivity contribution in [2.45, 2.75) is 53.0 Å². The molecule has 2 heteroatoms. The SMILES string of the molecule is CC(=O)CCN1CCCC1C(C)(C)C. The van der Waals surface area contributed by atoms with Gasteiger partial charge in [0, 0.05) is 19.0 Å². The lowest BCUT2D eigenvalue weighted by Crippen LogP contribution is -2.40. The van der Waals surface area contributed by atoms with Crippen LogP contribution in [-0.4, -0.2) is 29.8 Å². The summed E-state index contributed by atoms with van der Waals surface area (Å²) in [6, 6.07) is 0.668. The maximum atomic E-state index is 10.9. The highest BCUT2D eigenvalue weighted by Crippen LogP contribution is 2.32. The first-order valence-corrected chi connectivity index (χ1v) is 5.65. The van der Waals surface area contributed by atoms with Gasteiger partial charge in [0.1, 0.15) is 5.78 Å². The molecule has 0 aromatic heterocycles. The molecule has 0 bridgehead atoms. The second kappa shape index (κ2) is 4.43. The maximum Gasteiger partial charge on any atom is 0.131 e. The Morgan fingerprint density at radius 3 is 2.57 bits per heavy atom. The van der Waals surface area contributed by atoms with Gasteiger partial charge in [-0.3, -0.25) is 9.69 Å². The third-order valence-electron chi connectivity index (χ3n) is 3.11. The average Bonchev–Trinajstić information content (AvgIpc) is 2.46. The third-order valence-corrected chi connectivity index (χ3v) is 3.11. The Morgan fingerprint density at radius 2 is 2.07 bits per heavy atom. The molecule has 1 fully saturated rings. The second-order valence-electron chi connectivity index (χ2n) is 5.51. The minimum absolute atomic E-state index is 0.310. The van der Waals surface area contributed by atoms with E-state index in [9.17, 15) is 4.79 Å². The fraction of sp³-hybridized carbons (Fsp3) is 0.917. The van der Waals surface area contributed by atoms with Crippen LogP contribution in [0.25, 0.3) is 0 Å². The van der Waals surface area contributed by atoms with Crippen LogP contribution in [0.4, 0.5) is 0 Å². The number of ketones is 1. The van der Waals surface area contributed by atoms with Crippen molar-refractivity contribution in [2.75, 3.05) is 13.1 Å². The van der Waals surface area contributed by atoms with Crippen molar-refractivity contribution < 1.29 is 4.79 Å². The van der Waals surface area contributed by atoms with E-state index < -0.39 is 0 Å². The zero-order chi connectivity index (χ0) is 10.8. The zero-order valence-corrected chi connectivity index (χ0v) is 9.97. The molecule has 2 nitrogen and oxygen atoms in total. The molecule has 0 aliphatic carbocycles. The van der Waals surface area contributed by atoms with Crippen molar-refractivity contribution in [3.8, 4) is 0 Å². The van der Waals surface area contributed by atoms with E-state index in [0.717, 1.165) is 6.54 Å². The molecule has 1 aliphatic rings. The fourth-order valence-corrected chi connectivity index (χ4v) is 2.38. The molecule has 1 atom stereocenters. The van der Waals surface area contributed by atoms with E-state index >= 15 is 0 Å². The minimum Gasteiger partial charge on any atom is -0.300 e. The summed E-state index contributed by atoms with van der Waals surface area (Å²) in [5.41, 5.74) is 0.354. The van der Waals surface area contributed by atoms with Crippen molar-refractivity contribution in [1.82, 2.24) is 4.90 Å². The molecular formula is C12H23NO. The molecular weight excluding hydrogens is 174 g/mol. The molecule has 0 spiro atoms. The van der Waals surface area contributed by atoms with Gasteiger partial charge in [-0.1, -0.05) is 20.8 Å². The molecule has 0 aromatic rings. The van der Waals surface area contributed by atoms with Crippen LogP contribution in [0.15, 0.2) is 0 Å². The number of likely N-dealkylation sites (tertiary alicyclic amines) is 1. The van der Waals surface area contributed by atoms with Gasteiger partial charge in [-0.25, -0.2) is 0 Å². The summed E-state index contributed by atoms with van der Waals surface area (Å²) < 4.78 is 0. The van der Waals surface area contributed by atoms with E-state index in [1.165, 1.54) is 19.4 Å². The normalized spacial score (nSPS) is 24.1. The molecule has 1 rings (SSSR count). The van der Waals surface area contributed by atoms with E-state index in [0.29, 0.717) is 23.7 Å². The molecule has 0 N–H and O–H groups in total. The highest BCUT2D eigenvalue weighted by Gasteiger charge is 2.33. The Bertz CT molecular complexity index is 205. The van der Waals surface area contributed by atoms with Crippen molar-refractivity contribution >= 4 is 5.78 Å². The first-order chi connectivity index (χ1) is 6.41. The highest BCUT2D eigenvalue weighted by atomic mass is 16.1. The van der Waals surface area contributed by atoms with Crippen molar-refractivity contribution in [3.63, 3.8) is 0 Å². The number of carbonyl (C=O) groups is 1. The maximum absolute atomic E-state index is 10.9. The first kappa shape index (κ1) is 11.7. The van der Waals surface area contributed by atoms with Crippen molar-refractivity contribution in [2.24, 2.45) is 5.41 Å². The molecule has 14 heavy (non-hydrogen) atoms. The van der Waals surface area contributed by atoms with Gasteiger partial charge < -0.3 is 0 Å². The third kappa shape index (κ3) is 3.09. The topological polar surface area (TPSA) is 20.3 Å². The number of hydrogen-bond acceptors (Lipinski definition) is 2. The highest BCUT2D eigenvalue weighted by molar-refractivity contribution is 5.75. The van der Waals surface area contributed by atoms with Gasteiger partial charge >= 0.3 is 0 Å². The summed E-state index contributed by atoms with van der Waals surface area (Å²) in [7, 11) is 0. The van der Waals surface area contributed by atoms with Crippen LogP contribution in [0.2, 0.25) is 0 Å². The summed E-state index contributed by atoms with van der Waals surface area (Å²) in [5.74, 6) is 0.310. The lowest BCUT2D eigenvalue weighted by atomic mass is 9.85. The molecule has 0 radical (unpaired) electrons. The van der Waals surface area contributed by atoms with Gasteiger partial charge in [-0.2, -0.15) is 0 Å².